The maximum Gasteiger partial charge on any atom is 0.337 e. The molecule has 0 aliphatic heterocycles. The van der Waals surface area contributed by atoms with Crippen molar-refractivity contribution in [1.82, 2.24) is 0 Å². The smallest absolute Gasteiger partial charge is 0.337 e. The number of carbonyl (C=O) groups is 1. The molecule has 0 aliphatic carbocycles. The lowest BCUT2D eigenvalue weighted by Gasteiger charge is -2.10. The van der Waals surface area contributed by atoms with E-state index < -0.39 is 5.97 Å². The Hall–Kier alpha value is -2.51. The molecule has 0 unspecified atom stereocenters. The van der Waals surface area contributed by atoms with Crippen LogP contribution in [-0.4, -0.2) is 11.1 Å². The van der Waals surface area contributed by atoms with E-state index in [4.69, 9.17) is 22.0 Å². The first-order valence-corrected chi connectivity index (χ1v) is 6.23. The first-order valence-electron chi connectivity index (χ1n) is 5.86. The molecule has 2 N–H and O–H groups in total. The summed E-state index contributed by atoms with van der Waals surface area (Å²) in [6.45, 7) is 0. The molecular formula is C15H11ClN2O2. The number of nitriles is 1. The maximum atomic E-state index is 11.2. The molecule has 0 radical (unpaired) electrons. The van der Waals surface area contributed by atoms with Crippen LogP contribution >= 0.6 is 11.6 Å². The number of hydrogen-bond acceptors (Lipinski definition) is 3. The van der Waals surface area contributed by atoms with Gasteiger partial charge >= 0.3 is 5.97 Å². The van der Waals surface area contributed by atoms with E-state index in [1.165, 1.54) is 6.07 Å². The summed E-state index contributed by atoms with van der Waals surface area (Å²) in [5, 5.41) is 21.2. The molecule has 4 nitrogen and oxygen atoms in total. The Balaban J connectivity index is 2.26. The van der Waals surface area contributed by atoms with Crippen LogP contribution in [-0.2, 0) is 6.42 Å². The van der Waals surface area contributed by atoms with Crippen LogP contribution in [0.15, 0.2) is 42.5 Å². The van der Waals surface area contributed by atoms with E-state index in [9.17, 15) is 4.79 Å². The van der Waals surface area contributed by atoms with Crippen molar-refractivity contribution in [3.8, 4) is 6.07 Å². The molecule has 2 aromatic rings. The van der Waals surface area contributed by atoms with Crippen LogP contribution in [0.25, 0.3) is 0 Å². The van der Waals surface area contributed by atoms with Crippen molar-refractivity contribution < 1.29 is 9.90 Å². The highest BCUT2D eigenvalue weighted by Crippen LogP contribution is 2.24. The predicted octanol–water partition coefficient (Wildman–Crippen LogP) is 3.85. The summed E-state index contributed by atoms with van der Waals surface area (Å²) >= 11 is 5.80. The molecule has 100 valence electrons. The van der Waals surface area contributed by atoms with Gasteiger partial charge in [0.2, 0.25) is 0 Å². The minimum absolute atomic E-state index is 0.110. The van der Waals surface area contributed by atoms with Gasteiger partial charge < -0.3 is 10.4 Å². The van der Waals surface area contributed by atoms with Gasteiger partial charge in [-0.15, -0.1) is 0 Å². The zero-order chi connectivity index (χ0) is 14.5. The van der Waals surface area contributed by atoms with E-state index in [1.807, 2.05) is 12.1 Å². The Labute approximate surface area is 121 Å². The van der Waals surface area contributed by atoms with E-state index in [-0.39, 0.29) is 5.56 Å². The van der Waals surface area contributed by atoms with Gasteiger partial charge in [-0.25, -0.2) is 4.79 Å². The topological polar surface area (TPSA) is 73.1 Å². The van der Waals surface area contributed by atoms with Crippen LogP contribution in [0.1, 0.15) is 15.9 Å². The molecule has 20 heavy (non-hydrogen) atoms. The van der Waals surface area contributed by atoms with Gasteiger partial charge in [-0.3, -0.25) is 0 Å². The van der Waals surface area contributed by atoms with E-state index in [0.29, 0.717) is 17.1 Å². The molecule has 5 heteroatoms. The van der Waals surface area contributed by atoms with Gasteiger partial charge in [0.05, 0.1) is 23.7 Å². The molecular weight excluding hydrogens is 276 g/mol. The number of carboxylic acid groups (broad SMARTS) is 1. The fourth-order valence-corrected chi connectivity index (χ4v) is 1.93. The molecule has 0 spiro atoms. The second kappa shape index (κ2) is 6.09. The van der Waals surface area contributed by atoms with Crippen molar-refractivity contribution in [3.63, 3.8) is 0 Å². The fraction of sp³-hybridized carbons (Fsp3) is 0.0667. The summed E-state index contributed by atoms with van der Waals surface area (Å²) in [6, 6.07) is 14.0. The molecule has 2 rings (SSSR count). The Morgan fingerprint density at radius 1 is 1.25 bits per heavy atom. The number of nitrogens with zero attached hydrogens (tertiary/aromatic N) is 1. The van der Waals surface area contributed by atoms with Gasteiger partial charge in [-0.2, -0.15) is 5.26 Å². The average Bonchev–Trinajstić information content (AvgIpc) is 2.43. The lowest BCUT2D eigenvalue weighted by molar-refractivity contribution is 0.0698. The molecule has 0 heterocycles. The first-order chi connectivity index (χ1) is 9.60. The highest BCUT2D eigenvalue weighted by atomic mass is 35.5. The average molecular weight is 287 g/mol. The number of aromatic carboxylic acids is 1. The monoisotopic (exact) mass is 286 g/mol. The van der Waals surface area contributed by atoms with E-state index in [0.717, 1.165) is 11.3 Å². The third-order valence-electron chi connectivity index (χ3n) is 2.73. The number of anilines is 2. The van der Waals surface area contributed by atoms with Crippen molar-refractivity contribution in [2.75, 3.05) is 5.32 Å². The van der Waals surface area contributed by atoms with Crippen molar-refractivity contribution >= 4 is 28.9 Å². The highest BCUT2D eigenvalue weighted by molar-refractivity contribution is 6.31. The summed E-state index contributed by atoms with van der Waals surface area (Å²) in [4.78, 5) is 11.2. The van der Waals surface area contributed by atoms with Crippen LogP contribution in [0.2, 0.25) is 5.02 Å². The molecule has 0 aromatic heterocycles. The Morgan fingerprint density at radius 2 is 1.95 bits per heavy atom. The maximum absolute atomic E-state index is 11.2. The number of hydrogen-bond donors (Lipinski definition) is 2. The predicted molar refractivity (Wildman–Crippen MR) is 77.5 cm³/mol. The summed E-state index contributed by atoms with van der Waals surface area (Å²) in [7, 11) is 0. The van der Waals surface area contributed by atoms with Crippen LogP contribution in [0.5, 0.6) is 0 Å². The molecule has 0 saturated heterocycles. The number of nitrogens with one attached hydrogen (secondary N) is 1. The number of halogens is 1. The normalized spacial score (nSPS) is 9.80. The van der Waals surface area contributed by atoms with E-state index in [2.05, 4.69) is 11.4 Å². The van der Waals surface area contributed by atoms with Gasteiger partial charge in [0.1, 0.15) is 0 Å². The van der Waals surface area contributed by atoms with Crippen LogP contribution < -0.4 is 5.32 Å². The van der Waals surface area contributed by atoms with Crippen molar-refractivity contribution in [3.05, 3.63) is 58.6 Å². The van der Waals surface area contributed by atoms with Crippen LogP contribution in [0, 0.1) is 11.3 Å². The molecule has 0 bridgehead atoms. The Morgan fingerprint density at radius 3 is 2.55 bits per heavy atom. The molecule has 0 fully saturated rings. The van der Waals surface area contributed by atoms with Crippen molar-refractivity contribution in [1.29, 1.82) is 5.26 Å². The second-order valence-corrected chi connectivity index (χ2v) is 4.59. The Bertz CT molecular complexity index is 675. The summed E-state index contributed by atoms with van der Waals surface area (Å²) in [5.74, 6) is -1.05. The third-order valence-corrected chi connectivity index (χ3v) is 2.96. The zero-order valence-electron chi connectivity index (χ0n) is 10.4. The molecule has 0 amide bonds. The van der Waals surface area contributed by atoms with Gasteiger partial charge in [0.15, 0.2) is 0 Å². The fourth-order valence-electron chi connectivity index (χ4n) is 1.76. The summed E-state index contributed by atoms with van der Waals surface area (Å²) in [6.07, 6.45) is 0.349. The van der Waals surface area contributed by atoms with Crippen molar-refractivity contribution in [2.24, 2.45) is 0 Å². The lowest BCUT2D eigenvalue weighted by Crippen LogP contribution is -2.02. The second-order valence-electron chi connectivity index (χ2n) is 4.15. The third kappa shape index (κ3) is 3.28. The molecule has 0 saturated carbocycles. The van der Waals surface area contributed by atoms with Crippen LogP contribution in [0.4, 0.5) is 11.4 Å². The Kier molecular flexibility index (Phi) is 4.24. The summed E-state index contributed by atoms with van der Waals surface area (Å²) in [5.41, 5.74) is 2.23. The molecule has 0 aliphatic rings. The zero-order valence-corrected chi connectivity index (χ0v) is 11.2. The minimum atomic E-state index is -1.05. The largest absolute Gasteiger partial charge is 0.478 e. The molecule has 2 aromatic carbocycles. The van der Waals surface area contributed by atoms with E-state index >= 15 is 0 Å². The minimum Gasteiger partial charge on any atom is -0.478 e. The van der Waals surface area contributed by atoms with Crippen molar-refractivity contribution in [2.45, 2.75) is 6.42 Å². The van der Waals surface area contributed by atoms with Gasteiger partial charge in [0.25, 0.3) is 0 Å². The number of carboxylic acids is 1. The van der Waals surface area contributed by atoms with Gasteiger partial charge in [0, 0.05) is 10.7 Å². The quantitative estimate of drug-likeness (QED) is 0.895. The lowest BCUT2D eigenvalue weighted by atomic mass is 10.1. The van der Waals surface area contributed by atoms with Gasteiger partial charge in [-0.05, 0) is 35.9 Å². The SMILES string of the molecule is N#CCc1ccc(Nc2ccc(Cl)cc2C(=O)O)cc1. The van der Waals surface area contributed by atoms with Gasteiger partial charge in [-0.1, -0.05) is 23.7 Å². The molecule has 0 atom stereocenters. The first kappa shape index (κ1) is 13.9. The van der Waals surface area contributed by atoms with Crippen LogP contribution in [0.3, 0.4) is 0 Å². The van der Waals surface area contributed by atoms with E-state index in [1.54, 1.807) is 24.3 Å². The number of rotatable bonds is 4. The number of benzene rings is 2. The highest BCUT2D eigenvalue weighted by Gasteiger charge is 2.10. The summed E-state index contributed by atoms with van der Waals surface area (Å²) < 4.78 is 0. The standard InChI is InChI=1S/C15H11ClN2O2/c16-11-3-6-14(13(9-11)15(19)20)18-12-4-1-10(2-5-12)7-8-17/h1-6,9,18H,7H2,(H,19,20).